The largest absolute Gasteiger partial charge is 0.465 e. The summed E-state index contributed by atoms with van der Waals surface area (Å²) >= 11 is 1.64. The van der Waals surface area contributed by atoms with E-state index in [0.29, 0.717) is 24.6 Å². The second kappa shape index (κ2) is 7.95. The zero-order chi connectivity index (χ0) is 19.6. The van der Waals surface area contributed by atoms with Gasteiger partial charge in [0.05, 0.1) is 13.7 Å². The molecular formula is C16H17F2N3O4S2. The van der Waals surface area contributed by atoms with Crippen molar-refractivity contribution < 1.29 is 26.7 Å². The third kappa shape index (κ3) is 4.30. The van der Waals surface area contributed by atoms with E-state index in [9.17, 15) is 22.0 Å². The highest BCUT2D eigenvalue weighted by Gasteiger charge is 2.34. The van der Waals surface area contributed by atoms with Gasteiger partial charge in [-0.05, 0) is 17.7 Å². The van der Waals surface area contributed by atoms with E-state index in [1.54, 1.807) is 11.8 Å². The maximum Gasteiger partial charge on any atom is 0.342 e. The third-order valence-corrected chi connectivity index (χ3v) is 6.73. The first kappa shape index (κ1) is 19.8. The predicted molar refractivity (Wildman–Crippen MR) is 95.1 cm³/mol. The van der Waals surface area contributed by atoms with Crippen molar-refractivity contribution in [2.45, 2.75) is 11.6 Å². The molecule has 0 aliphatic carbocycles. The first-order chi connectivity index (χ1) is 12.8. The Morgan fingerprint density at radius 2 is 1.85 bits per heavy atom. The van der Waals surface area contributed by atoms with Crippen LogP contribution in [0.1, 0.15) is 15.9 Å². The monoisotopic (exact) mass is 417 g/mol. The van der Waals surface area contributed by atoms with Crippen LogP contribution >= 0.6 is 11.8 Å². The lowest BCUT2D eigenvalue weighted by Crippen LogP contribution is -2.38. The molecule has 1 aliphatic heterocycles. The maximum absolute atomic E-state index is 13.4. The first-order valence-corrected chi connectivity index (χ1v) is 10.6. The lowest BCUT2D eigenvalue weighted by molar-refractivity contribution is 0.0596. The molecule has 1 aliphatic rings. The molecule has 0 bridgehead atoms. The molecule has 3 rings (SSSR count). The summed E-state index contributed by atoms with van der Waals surface area (Å²) in [6.45, 7) is 0.523. The summed E-state index contributed by atoms with van der Waals surface area (Å²) in [4.78, 5) is 12.1. The van der Waals surface area contributed by atoms with Gasteiger partial charge in [-0.1, -0.05) is 0 Å². The predicted octanol–water partition coefficient (Wildman–Crippen LogP) is 1.73. The number of carbonyl (C=O) groups is 1. The molecule has 1 saturated heterocycles. The Balaban J connectivity index is 1.99. The molecule has 146 valence electrons. The number of nitrogens with zero attached hydrogens (tertiary/aromatic N) is 3. The van der Waals surface area contributed by atoms with Gasteiger partial charge < -0.3 is 4.74 Å². The van der Waals surface area contributed by atoms with Crippen LogP contribution < -0.4 is 0 Å². The van der Waals surface area contributed by atoms with Crippen LogP contribution in [-0.2, 0) is 21.3 Å². The number of benzene rings is 1. The molecule has 2 aromatic rings. The average Bonchev–Trinajstić information content (AvgIpc) is 3.05. The van der Waals surface area contributed by atoms with Crippen LogP contribution in [0.25, 0.3) is 0 Å². The molecule has 0 unspecified atom stereocenters. The van der Waals surface area contributed by atoms with E-state index in [4.69, 9.17) is 0 Å². The van der Waals surface area contributed by atoms with E-state index in [1.165, 1.54) is 10.5 Å². The fourth-order valence-electron chi connectivity index (χ4n) is 2.72. The van der Waals surface area contributed by atoms with Crippen LogP contribution in [0.4, 0.5) is 8.78 Å². The molecule has 0 radical (unpaired) electrons. The average molecular weight is 417 g/mol. The highest BCUT2D eigenvalue weighted by molar-refractivity contribution is 7.99. The van der Waals surface area contributed by atoms with E-state index in [0.717, 1.165) is 30.0 Å². The Morgan fingerprint density at radius 3 is 2.44 bits per heavy atom. The van der Waals surface area contributed by atoms with Crippen LogP contribution in [0.3, 0.4) is 0 Å². The van der Waals surface area contributed by atoms with Gasteiger partial charge in [-0.3, -0.25) is 4.68 Å². The minimum atomic E-state index is -4.00. The Hall–Kier alpha value is -1.98. The fraction of sp³-hybridized carbons (Fsp3) is 0.375. The van der Waals surface area contributed by atoms with E-state index < -0.39 is 32.7 Å². The van der Waals surface area contributed by atoms with Crippen molar-refractivity contribution in [2.24, 2.45) is 0 Å². The molecule has 0 saturated carbocycles. The molecule has 0 spiro atoms. The molecule has 0 atom stereocenters. The number of aromatic nitrogens is 2. The normalized spacial score (nSPS) is 15.7. The first-order valence-electron chi connectivity index (χ1n) is 8.00. The number of thioether (sulfide) groups is 1. The van der Waals surface area contributed by atoms with Crippen molar-refractivity contribution in [1.29, 1.82) is 0 Å². The van der Waals surface area contributed by atoms with Crippen molar-refractivity contribution in [3.63, 3.8) is 0 Å². The van der Waals surface area contributed by atoms with E-state index >= 15 is 0 Å². The number of rotatable bonds is 5. The van der Waals surface area contributed by atoms with Crippen molar-refractivity contribution in [2.75, 3.05) is 31.7 Å². The minimum absolute atomic E-state index is 0.107. The van der Waals surface area contributed by atoms with E-state index in [2.05, 4.69) is 9.84 Å². The summed E-state index contributed by atoms with van der Waals surface area (Å²) in [7, 11) is -2.86. The zero-order valence-corrected chi connectivity index (χ0v) is 16.0. The number of ether oxygens (including phenoxy) is 1. The quantitative estimate of drug-likeness (QED) is 0.690. The van der Waals surface area contributed by atoms with Gasteiger partial charge in [0.2, 0.25) is 5.03 Å². The lowest BCUT2D eigenvalue weighted by Gasteiger charge is -2.24. The molecule has 7 nitrogen and oxygen atoms in total. The number of sulfonamides is 1. The number of carbonyl (C=O) groups excluding carboxylic acids is 1. The fourth-order valence-corrected chi connectivity index (χ4v) is 5.39. The van der Waals surface area contributed by atoms with Crippen LogP contribution in [0.2, 0.25) is 0 Å². The third-order valence-electron chi connectivity index (χ3n) is 3.95. The number of halogens is 2. The van der Waals surface area contributed by atoms with Crippen molar-refractivity contribution in [3.05, 3.63) is 47.2 Å². The molecule has 27 heavy (non-hydrogen) atoms. The maximum atomic E-state index is 13.4. The molecule has 2 heterocycles. The smallest absolute Gasteiger partial charge is 0.342 e. The summed E-state index contributed by atoms with van der Waals surface area (Å²) in [5.74, 6) is -1.07. The van der Waals surface area contributed by atoms with Crippen LogP contribution in [0, 0.1) is 11.6 Å². The number of hydrogen-bond donors (Lipinski definition) is 0. The SMILES string of the molecule is COC(=O)c1cn(Cc2cc(F)cc(F)c2)nc1S(=O)(=O)N1CCSCC1. The number of esters is 1. The highest BCUT2D eigenvalue weighted by atomic mass is 32.2. The van der Waals surface area contributed by atoms with Crippen LogP contribution in [0.5, 0.6) is 0 Å². The number of methoxy groups -OCH3 is 1. The standard InChI is InChI=1S/C16H17F2N3O4S2/c1-25-16(22)14-10-20(9-11-6-12(17)8-13(18)7-11)19-15(14)27(23,24)21-2-4-26-5-3-21/h6-8,10H,2-5,9H2,1H3. The van der Waals surface area contributed by atoms with Gasteiger partial charge in [0.1, 0.15) is 17.2 Å². The topological polar surface area (TPSA) is 81.5 Å². The summed E-state index contributed by atoms with van der Waals surface area (Å²) in [6.07, 6.45) is 1.21. The molecule has 1 fully saturated rings. The van der Waals surface area contributed by atoms with Crippen LogP contribution in [0.15, 0.2) is 29.4 Å². The summed E-state index contributed by atoms with van der Waals surface area (Å²) < 4.78 is 59.7. The van der Waals surface area contributed by atoms with Crippen LogP contribution in [-0.4, -0.2) is 60.2 Å². The van der Waals surface area contributed by atoms with Gasteiger partial charge in [0, 0.05) is 36.9 Å². The summed E-state index contributed by atoms with van der Waals surface area (Å²) in [5.41, 5.74) is 0.0253. The lowest BCUT2D eigenvalue weighted by atomic mass is 10.2. The van der Waals surface area contributed by atoms with Gasteiger partial charge in [0.15, 0.2) is 0 Å². The zero-order valence-electron chi connectivity index (χ0n) is 14.4. The Kier molecular flexibility index (Phi) is 5.82. The molecule has 0 amide bonds. The van der Waals surface area contributed by atoms with E-state index in [-0.39, 0.29) is 17.7 Å². The van der Waals surface area contributed by atoms with Gasteiger partial charge in [-0.15, -0.1) is 0 Å². The van der Waals surface area contributed by atoms with Gasteiger partial charge in [0.25, 0.3) is 10.0 Å². The number of hydrogen-bond acceptors (Lipinski definition) is 6. The Labute approximate surface area is 159 Å². The molecule has 1 aromatic heterocycles. The summed E-state index contributed by atoms with van der Waals surface area (Å²) in [6, 6.07) is 2.95. The molecule has 11 heteroatoms. The van der Waals surface area contributed by atoms with E-state index in [1.807, 2.05) is 0 Å². The van der Waals surface area contributed by atoms with Crippen molar-refractivity contribution >= 4 is 27.8 Å². The van der Waals surface area contributed by atoms with Gasteiger partial charge in [-0.25, -0.2) is 22.0 Å². The van der Waals surface area contributed by atoms with Gasteiger partial charge >= 0.3 is 5.97 Å². The Bertz CT molecular complexity index is 936. The second-order valence-corrected chi connectivity index (χ2v) is 8.91. The minimum Gasteiger partial charge on any atom is -0.465 e. The Morgan fingerprint density at radius 1 is 1.22 bits per heavy atom. The highest BCUT2D eigenvalue weighted by Crippen LogP contribution is 2.23. The second-order valence-electron chi connectivity index (χ2n) is 5.83. The molecule has 0 N–H and O–H groups in total. The molecule has 1 aromatic carbocycles. The molecular weight excluding hydrogens is 400 g/mol. The summed E-state index contributed by atoms with van der Waals surface area (Å²) in [5, 5.41) is 3.60. The van der Waals surface area contributed by atoms with Crippen molar-refractivity contribution in [3.8, 4) is 0 Å². The van der Waals surface area contributed by atoms with Crippen molar-refractivity contribution in [1.82, 2.24) is 14.1 Å². The van der Waals surface area contributed by atoms with Gasteiger partial charge in [-0.2, -0.15) is 21.2 Å².